The minimum Gasteiger partial charge on any atom is -0.376 e. The lowest BCUT2D eigenvalue weighted by Crippen LogP contribution is -2.34. The molecule has 1 aliphatic carbocycles. The van der Waals surface area contributed by atoms with Gasteiger partial charge in [-0.3, -0.25) is 4.79 Å². The molecule has 6 rings (SSSR count). The SMILES string of the molecule is CN1C(c2cccc(F)c2)=CC(n2cnc(C3C=CC4=C(CC(C)(C)CC4=O)N3)c2)=CC1c1cccc(F)c1. The Morgan fingerprint density at radius 2 is 1.82 bits per heavy atom. The van der Waals surface area contributed by atoms with Crippen molar-refractivity contribution in [1.82, 2.24) is 19.8 Å². The summed E-state index contributed by atoms with van der Waals surface area (Å²) in [5, 5.41) is 3.53. The van der Waals surface area contributed by atoms with Crippen molar-refractivity contribution in [2.24, 2.45) is 5.41 Å². The zero-order chi connectivity index (χ0) is 27.3. The largest absolute Gasteiger partial charge is 0.376 e. The van der Waals surface area contributed by atoms with Gasteiger partial charge in [0.05, 0.1) is 24.1 Å². The van der Waals surface area contributed by atoms with E-state index < -0.39 is 0 Å². The van der Waals surface area contributed by atoms with Crippen LogP contribution in [0.25, 0.3) is 11.4 Å². The van der Waals surface area contributed by atoms with Crippen LogP contribution in [0.5, 0.6) is 0 Å². The number of halogens is 2. The van der Waals surface area contributed by atoms with Crippen molar-refractivity contribution in [1.29, 1.82) is 0 Å². The number of nitrogens with one attached hydrogen (secondary N) is 1. The van der Waals surface area contributed by atoms with E-state index in [1.165, 1.54) is 24.3 Å². The third kappa shape index (κ3) is 4.85. The average Bonchev–Trinajstić information content (AvgIpc) is 3.38. The van der Waals surface area contributed by atoms with Crippen molar-refractivity contribution in [3.05, 3.63) is 125 Å². The third-order valence-electron chi connectivity index (χ3n) is 7.65. The van der Waals surface area contributed by atoms with Crippen LogP contribution in [0.1, 0.15) is 55.6 Å². The average molecular weight is 525 g/mol. The number of aromatic nitrogens is 2. The Morgan fingerprint density at radius 3 is 2.59 bits per heavy atom. The molecule has 3 heterocycles. The summed E-state index contributed by atoms with van der Waals surface area (Å²) in [6.07, 6.45) is 13.0. The maximum Gasteiger partial charge on any atom is 0.165 e. The highest BCUT2D eigenvalue weighted by molar-refractivity contribution is 6.00. The van der Waals surface area contributed by atoms with Crippen LogP contribution in [-0.2, 0) is 4.79 Å². The van der Waals surface area contributed by atoms with Crippen molar-refractivity contribution in [2.45, 2.75) is 38.8 Å². The molecule has 198 valence electrons. The quantitative estimate of drug-likeness (QED) is 0.419. The second-order valence-electron chi connectivity index (χ2n) is 11.3. The Labute approximate surface area is 226 Å². The Morgan fingerprint density at radius 1 is 1.05 bits per heavy atom. The van der Waals surface area contributed by atoms with Crippen molar-refractivity contribution in [2.75, 3.05) is 7.05 Å². The summed E-state index contributed by atoms with van der Waals surface area (Å²) in [6.45, 7) is 4.23. The molecule has 3 aliphatic rings. The smallest absolute Gasteiger partial charge is 0.165 e. The van der Waals surface area contributed by atoms with Gasteiger partial charge in [-0.2, -0.15) is 0 Å². The number of dihydropyridines is 1. The standard InChI is InChI=1S/C32H30F2N4O/c1-32(2)16-27-25(31(39)17-32)10-11-26(36-27)28-18-38(19-35-28)24-14-29(20-6-4-8-22(33)12-20)37(3)30(15-24)21-7-5-9-23(34)13-21/h4-15,18-19,26,29,36H,16-17H2,1-3H3. The molecule has 5 nitrogen and oxygen atoms in total. The van der Waals surface area contributed by atoms with Crippen LogP contribution >= 0.6 is 0 Å². The number of likely N-dealkylation sites (N-methyl/N-ethyl adjacent to an activating group) is 1. The van der Waals surface area contributed by atoms with E-state index in [1.54, 1.807) is 18.5 Å². The molecule has 2 aromatic carbocycles. The predicted octanol–water partition coefficient (Wildman–Crippen LogP) is 6.57. The third-order valence-corrected chi connectivity index (χ3v) is 7.65. The van der Waals surface area contributed by atoms with E-state index in [-0.39, 0.29) is 34.9 Å². The summed E-state index contributed by atoms with van der Waals surface area (Å²) in [5.41, 5.74) is 5.64. The van der Waals surface area contributed by atoms with E-state index in [9.17, 15) is 13.6 Å². The fraction of sp³-hybridized carbons (Fsp3) is 0.250. The fourth-order valence-electron chi connectivity index (χ4n) is 5.72. The zero-order valence-corrected chi connectivity index (χ0v) is 22.2. The topological polar surface area (TPSA) is 50.2 Å². The highest BCUT2D eigenvalue weighted by atomic mass is 19.1. The lowest BCUT2D eigenvalue weighted by atomic mass is 9.75. The number of carbonyl (C=O) groups excluding carboxylic acids is 1. The molecule has 0 amide bonds. The highest BCUT2D eigenvalue weighted by Gasteiger charge is 2.34. The lowest BCUT2D eigenvalue weighted by Gasteiger charge is -2.35. The first-order chi connectivity index (χ1) is 18.7. The van der Waals surface area contributed by atoms with E-state index in [0.717, 1.165) is 45.9 Å². The van der Waals surface area contributed by atoms with Crippen molar-refractivity contribution < 1.29 is 13.6 Å². The van der Waals surface area contributed by atoms with Gasteiger partial charge < -0.3 is 14.8 Å². The molecule has 0 radical (unpaired) electrons. The summed E-state index contributed by atoms with van der Waals surface area (Å²) in [5.74, 6) is -0.460. The van der Waals surface area contributed by atoms with Crippen LogP contribution in [0.15, 0.2) is 96.6 Å². The predicted molar refractivity (Wildman–Crippen MR) is 148 cm³/mol. The normalized spacial score (nSPS) is 22.3. The van der Waals surface area contributed by atoms with Gasteiger partial charge >= 0.3 is 0 Å². The molecule has 1 N–H and O–H groups in total. The summed E-state index contributed by atoms with van der Waals surface area (Å²) >= 11 is 0. The number of carbonyl (C=O) groups is 1. The van der Waals surface area contributed by atoms with Gasteiger partial charge in [-0.25, -0.2) is 13.8 Å². The summed E-state index contributed by atoms with van der Waals surface area (Å²) < 4.78 is 30.3. The van der Waals surface area contributed by atoms with Gasteiger partial charge in [-0.05, 0) is 53.8 Å². The number of hydrogen-bond acceptors (Lipinski definition) is 4. The zero-order valence-electron chi connectivity index (χ0n) is 22.2. The van der Waals surface area contributed by atoms with Gasteiger partial charge in [0.15, 0.2) is 5.78 Å². The van der Waals surface area contributed by atoms with E-state index in [2.05, 4.69) is 30.2 Å². The van der Waals surface area contributed by atoms with E-state index in [4.69, 9.17) is 0 Å². The van der Waals surface area contributed by atoms with Crippen LogP contribution in [0.2, 0.25) is 0 Å². The fourth-order valence-corrected chi connectivity index (χ4v) is 5.72. The minimum absolute atomic E-state index is 0.0824. The molecule has 7 heteroatoms. The second-order valence-corrected chi connectivity index (χ2v) is 11.3. The Hall–Kier alpha value is -4.26. The number of benzene rings is 2. The van der Waals surface area contributed by atoms with Crippen LogP contribution < -0.4 is 5.32 Å². The summed E-state index contributed by atoms with van der Waals surface area (Å²) in [6, 6.07) is 12.6. The molecule has 2 atom stereocenters. The number of Topliss-reactive ketones (excluding diaryl/α,β-unsaturated/α-hetero) is 1. The number of nitrogens with zero attached hydrogens (tertiary/aromatic N) is 3. The molecular formula is C32H30F2N4O. The van der Waals surface area contributed by atoms with Crippen molar-refractivity contribution >= 4 is 17.2 Å². The minimum atomic E-state index is -0.321. The Balaban J connectivity index is 1.35. The number of ketones is 1. The van der Waals surface area contributed by atoms with Gasteiger partial charge in [-0.1, -0.05) is 50.3 Å². The van der Waals surface area contributed by atoms with Crippen LogP contribution in [0.3, 0.4) is 0 Å². The summed E-state index contributed by atoms with van der Waals surface area (Å²) in [7, 11) is 1.92. The molecule has 1 aromatic heterocycles. The Bertz CT molecular complexity index is 1590. The molecule has 3 aromatic rings. The number of imidazole rings is 1. The van der Waals surface area contributed by atoms with Gasteiger partial charge in [0.1, 0.15) is 11.6 Å². The van der Waals surface area contributed by atoms with Crippen LogP contribution in [0, 0.1) is 17.0 Å². The van der Waals surface area contributed by atoms with Crippen LogP contribution in [0.4, 0.5) is 8.78 Å². The van der Waals surface area contributed by atoms with E-state index in [1.807, 2.05) is 53.1 Å². The maximum absolute atomic E-state index is 14.2. The van der Waals surface area contributed by atoms with Crippen LogP contribution in [-0.4, -0.2) is 27.3 Å². The molecule has 0 saturated carbocycles. The Kier molecular flexibility index (Phi) is 6.09. The van der Waals surface area contributed by atoms with Gasteiger partial charge in [0.2, 0.25) is 0 Å². The van der Waals surface area contributed by atoms with Gasteiger partial charge in [0.25, 0.3) is 0 Å². The van der Waals surface area contributed by atoms with E-state index in [0.29, 0.717) is 6.42 Å². The molecule has 0 bridgehead atoms. The molecular weight excluding hydrogens is 494 g/mol. The number of hydrogen-bond donors (Lipinski definition) is 1. The first kappa shape index (κ1) is 25.0. The first-order valence-electron chi connectivity index (χ1n) is 13.1. The maximum atomic E-state index is 14.2. The van der Waals surface area contributed by atoms with Crippen molar-refractivity contribution in [3.8, 4) is 0 Å². The molecule has 0 spiro atoms. The number of rotatable bonds is 4. The van der Waals surface area contributed by atoms with Gasteiger partial charge in [-0.15, -0.1) is 0 Å². The molecule has 0 saturated heterocycles. The van der Waals surface area contributed by atoms with E-state index >= 15 is 0 Å². The highest BCUT2D eigenvalue weighted by Crippen LogP contribution is 2.40. The molecule has 2 aliphatic heterocycles. The second kappa shape index (κ2) is 9.49. The molecule has 39 heavy (non-hydrogen) atoms. The van der Waals surface area contributed by atoms with Gasteiger partial charge in [0, 0.05) is 47.9 Å². The first-order valence-corrected chi connectivity index (χ1v) is 13.1. The molecule has 2 unspecified atom stereocenters. The van der Waals surface area contributed by atoms with Crippen molar-refractivity contribution in [3.63, 3.8) is 0 Å². The lowest BCUT2D eigenvalue weighted by molar-refractivity contribution is -0.117. The number of allylic oxidation sites excluding steroid dienone is 5. The molecule has 0 fully saturated rings. The monoisotopic (exact) mass is 524 g/mol. The summed E-state index contributed by atoms with van der Waals surface area (Å²) in [4.78, 5) is 19.3.